The van der Waals surface area contributed by atoms with E-state index in [0.717, 1.165) is 0 Å². The number of hydrogen-bond donors (Lipinski definition) is 3. The Hall–Kier alpha value is -2.01. The Labute approximate surface area is 187 Å². The molecule has 0 aromatic heterocycles. The Morgan fingerprint density at radius 3 is 2.75 bits per heavy atom. The largest absolute Gasteiger partial charge is 0.460 e. The lowest BCUT2D eigenvalue weighted by atomic mass is 9.91. The molecule has 3 N–H and O–H groups in total. The van der Waals surface area contributed by atoms with Crippen LogP contribution in [0.15, 0.2) is 11.6 Å². The van der Waals surface area contributed by atoms with Crippen molar-refractivity contribution in [3.8, 4) is 0 Å². The summed E-state index contributed by atoms with van der Waals surface area (Å²) in [4.78, 5) is 39.4. The van der Waals surface area contributed by atoms with Crippen molar-refractivity contribution in [3.63, 3.8) is 0 Å². The summed E-state index contributed by atoms with van der Waals surface area (Å²) in [6.07, 6.45) is 1.50. The third kappa shape index (κ3) is 6.06. The third-order valence-corrected chi connectivity index (χ3v) is 5.79. The van der Waals surface area contributed by atoms with E-state index in [4.69, 9.17) is 14.2 Å². The number of likely N-dealkylation sites (tertiary alicyclic amines) is 1. The van der Waals surface area contributed by atoms with Crippen molar-refractivity contribution in [1.82, 2.24) is 10.2 Å². The first kappa shape index (κ1) is 24.6. The minimum atomic E-state index is -0.840. The molecule has 0 bridgehead atoms. The van der Waals surface area contributed by atoms with E-state index in [2.05, 4.69) is 5.32 Å². The SMILES string of the molecule is CC(C)(C)OC(=O)CCC(CO)NC(=O)C1CCCN1C(=O)C1=CC2OCOC2C(O)C1. The number of carbonyl (C=O) groups is 3. The Kier molecular flexibility index (Phi) is 7.92. The van der Waals surface area contributed by atoms with E-state index in [0.29, 0.717) is 25.0 Å². The summed E-state index contributed by atoms with van der Waals surface area (Å²) in [7, 11) is 0. The number of rotatable bonds is 7. The van der Waals surface area contributed by atoms with Gasteiger partial charge in [0, 0.05) is 25.0 Å². The molecule has 0 aromatic rings. The lowest BCUT2D eigenvalue weighted by Crippen LogP contribution is -2.51. The van der Waals surface area contributed by atoms with Gasteiger partial charge in [0.15, 0.2) is 0 Å². The number of aliphatic hydroxyl groups is 2. The Morgan fingerprint density at radius 1 is 1.31 bits per heavy atom. The van der Waals surface area contributed by atoms with Crippen LogP contribution >= 0.6 is 0 Å². The van der Waals surface area contributed by atoms with Gasteiger partial charge in [0.05, 0.1) is 18.8 Å². The molecule has 10 heteroatoms. The number of amides is 2. The van der Waals surface area contributed by atoms with Crippen LogP contribution in [0.25, 0.3) is 0 Å². The highest BCUT2D eigenvalue weighted by Gasteiger charge is 2.42. The molecule has 32 heavy (non-hydrogen) atoms. The van der Waals surface area contributed by atoms with Gasteiger partial charge >= 0.3 is 5.97 Å². The molecule has 1 aliphatic carbocycles. The molecule has 2 saturated heterocycles. The highest BCUT2D eigenvalue weighted by molar-refractivity contribution is 5.97. The van der Waals surface area contributed by atoms with E-state index in [9.17, 15) is 24.6 Å². The van der Waals surface area contributed by atoms with Crippen molar-refractivity contribution >= 4 is 17.8 Å². The molecule has 0 aromatic carbocycles. The normalized spacial score (nSPS) is 28.7. The molecule has 3 aliphatic rings. The smallest absolute Gasteiger partial charge is 0.306 e. The number of aliphatic hydroxyl groups excluding tert-OH is 2. The zero-order chi connectivity index (χ0) is 23.5. The summed E-state index contributed by atoms with van der Waals surface area (Å²) in [5.41, 5.74) is -0.191. The van der Waals surface area contributed by atoms with Crippen LogP contribution in [0.1, 0.15) is 52.9 Å². The number of carbonyl (C=O) groups excluding carboxylic acids is 3. The van der Waals surface area contributed by atoms with Crippen LogP contribution in [0.5, 0.6) is 0 Å². The van der Waals surface area contributed by atoms with Crippen LogP contribution < -0.4 is 5.32 Å². The van der Waals surface area contributed by atoms with Crippen LogP contribution in [-0.2, 0) is 28.6 Å². The first-order chi connectivity index (χ1) is 15.1. The van der Waals surface area contributed by atoms with Gasteiger partial charge in [-0.3, -0.25) is 14.4 Å². The van der Waals surface area contributed by atoms with Gasteiger partial charge < -0.3 is 34.6 Å². The summed E-state index contributed by atoms with van der Waals surface area (Å²) in [6.45, 7) is 5.49. The van der Waals surface area contributed by atoms with Crippen molar-refractivity contribution in [1.29, 1.82) is 0 Å². The third-order valence-electron chi connectivity index (χ3n) is 5.79. The fourth-order valence-electron chi connectivity index (χ4n) is 4.28. The standard InChI is InChI=1S/C22H34N2O8/c1-22(2,3)32-18(27)7-6-14(11-25)23-20(28)15-5-4-8-24(15)21(29)13-9-16(26)19-17(10-13)30-12-31-19/h10,14-17,19,25-26H,4-9,11-12H2,1-3H3,(H,23,28). The van der Waals surface area contributed by atoms with Crippen LogP contribution in [-0.4, -0.2) is 88.8 Å². The fourth-order valence-corrected chi connectivity index (χ4v) is 4.28. The molecule has 0 spiro atoms. The number of hydrogen-bond acceptors (Lipinski definition) is 8. The van der Waals surface area contributed by atoms with Crippen molar-refractivity contribution < 1.29 is 38.8 Å². The van der Waals surface area contributed by atoms with Gasteiger partial charge in [-0.15, -0.1) is 0 Å². The average Bonchev–Trinajstić information content (AvgIpc) is 3.38. The molecule has 180 valence electrons. The van der Waals surface area contributed by atoms with Gasteiger partial charge in [-0.25, -0.2) is 0 Å². The minimum absolute atomic E-state index is 0.0610. The van der Waals surface area contributed by atoms with E-state index >= 15 is 0 Å². The summed E-state index contributed by atoms with van der Waals surface area (Å²) in [6, 6.07) is -1.29. The molecule has 5 unspecified atom stereocenters. The Balaban J connectivity index is 1.57. The predicted octanol–water partition coefficient (Wildman–Crippen LogP) is 0.00890. The Bertz CT molecular complexity index is 747. The zero-order valence-electron chi connectivity index (χ0n) is 18.9. The zero-order valence-corrected chi connectivity index (χ0v) is 18.9. The van der Waals surface area contributed by atoms with E-state index in [-0.39, 0.29) is 44.5 Å². The molecule has 0 radical (unpaired) electrons. The molecule has 2 heterocycles. The maximum Gasteiger partial charge on any atom is 0.306 e. The topological polar surface area (TPSA) is 135 Å². The summed E-state index contributed by atoms with van der Waals surface area (Å²) in [5, 5.41) is 22.7. The number of nitrogens with zero attached hydrogens (tertiary/aromatic N) is 1. The van der Waals surface area contributed by atoms with Crippen LogP contribution in [0.4, 0.5) is 0 Å². The van der Waals surface area contributed by atoms with E-state index in [1.807, 2.05) is 0 Å². The van der Waals surface area contributed by atoms with Gasteiger partial charge in [0.25, 0.3) is 0 Å². The first-order valence-corrected chi connectivity index (χ1v) is 11.1. The summed E-state index contributed by atoms with van der Waals surface area (Å²) < 4.78 is 16.0. The number of fused-ring (bicyclic) bond motifs is 1. The van der Waals surface area contributed by atoms with E-state index < -0.39 is 42.0 Å². The molecule has 2 aliphatic heterocycles. The van der Waals surface area contributed by atoms with Crippen LogP contribution in [0, 0.1) is 0 Å². The summed E-state index contributed by atoms with van der Waals surface area (Å²) in [5.74, 6) is -1.07. The summed E-state index contributed by atoms with van der Waals surface area (Å²) >= 11 is 0. The molecule has 5 atom stereocenters. The van der Waals surface area contributed by atoms with Gasteiger partial charge in [-0.05, 0) is 46.1 Å². The van der Waals surface area contributed by atoms with Gasteiger partial charge in [0.2, 0.25) is 11.8 Å². The predicted molar refractivity (Wildman–Crippen MR) is 112 cm³/mol. The molecule has 3 rings (SSSR count). The maximum absolute atomic E-state index is 13.1. The molecule has 10 nitrogen and oxygen atoms in total. The number of ether oxygens (including phenoxy) is 3. The van der Waals surface area contributed by atoms with Crippen molar-refractivity contribution in [2.75, 3.05) is 19.9 Å². The monoisotopic (exact) mass is 454 g/mol. The number of esters is 1. The second-order valence-electron chi connectivity index (χ2n) is 9.51. The average molecular weight is 455 g/mol. The fraction of sp³-hybridized carbons (Fsp3) is 0.773. The van der Waals surface area contributed by atoms with Crippen molar-refractivity contribution in [2.45, 2.75) is 88.9 Å². The van der Waals surface area contributed by atoms with E-state index in [1.54, 1.807) is 26.8 Å². The molecular formula is C22H34N2O8. The van der Waals surface area contributed by atoms with Gasteiger partial charge in [0.1, 0.15) is 30.6 Å². The maximum atomic E-state index is 13.1. The van der Waals surface area contributed by atoms with Gasteiger partial charge in [-0.2, -0.15) is 0 Å². The molecular weight excluding hydrogens is 420 g/mol. The van der Waals surface area contributed by atoms with Crippen molar-refractivity contribution in [2.24, 2.45) is 0 Å². The van der Waals surface area contributed by atoms with Crippen LogP contribution in [0.2, 0.25) is 0 Å². The lowest BCUT2D eigenvalue weighted by molar-refractivity contribution is -0.155. The molecule has 0 saturated carbocycles. The highest BCUT2D eigenvalue weighted by Crippen LogP contribution is 2.30. The Morgan fingerprint density at radius 2 is 2.06 bits per heavy atom. The highest BCUT2D eigenvalue weighted by atomic mass is 16.7. The first-order valence-electron chi connectivity index (χ1n) is 11.1. The van der Waals surface area contributed by atoms with Gasteiger partial charge in [-0.1, -0.05) is 0 Å². The van der Waals surface area contributed by atoms with Crippen molar-refractivity contribution in [3.05, 3.63) is 11.6 Å². The quantitative estimate of drug-likeness (QED) is 0.458. The minimum Gasteiger partial charge on any atom is -0.460 e. The van der Waals surface area contributed by atoms with E-state index in [1.165, 1.54) is 4.90 Å². The number of nitrogens with one attached hydrogen (secondary N) is 1. The second kappa shape index (κ2) is 10.3. The second-order valence-corrected chi connectivity index (χ2v) is 9.51. The van der Waals surface area contributed by atoms with Crippen LogP contribution in [0.3, 0.4) is 0 Å². The lowest BCUT2D eigenvalue weighted by Gasteiger charge is -2.31. The molecule has 2 amide bonds. The molecule has 2 fully saturated rings.